The van der Waals surface area contributed by atoms with Crippen LogP contribution in [0.25, 0.3) is 0 Å². The van der Waals surface area contributed by atoms with Crippen molar-refractivity contribution >= 4 is 18.0 Å². The summed E-state index contributed by atoms with van der Waals surface area (Å²) in [5, 5.41) is 12.3. The molecule has 8 heteroatoms. The molecule has 1 aliphatic heterocycles. The summed E-state index contributed by atoms with van der Waals surface area (Å²) in [6, 6.07) is 2.23. The van der Waals surface area contributed by atoms with Crippen LogP contribution in [0.2, 0.25) is 0 Å². The number of amides is 2. The predicted octanol–water partition coefficient (Wildman–Crippen LogP) is 2.91. The molecule has 0 bridgehead atoms. The van der Waals surface area contributed by atoms with E-state index in [0.29, 0.717) is 32.2 Å². The molecule has 0 aromatic heterocycles. The SMILES string of the molecule is CC(OC(=O)C1CCCN(C(=O)OC(C)(C)C)C1)C(=O)NC1(C#N)CCCCC1. The highest BCUT2D eigenvalue weighted by atomic mass is 16.6. The maximum atomic E-state index is 12.6. The van der Waals surface area contributed by atoms with E-state index in [0.717, 1.165) is 19.3 Å². The maximum Gasteiger partial charge on any atom is 0.410 e. The van der Waals surface area contributed by atoms with Gasteiger partial charge in [0.1, 0.15) is 11.1 Å². The van der Waals surface area contributed by atoms with Gasteiger partial charge in [0.05, 0.1) is 12.0 Å². The van der Waals surface area contributed by atoms with Crippen LogP contribution in [0.5, 0.6) is 0 Å². The number of carbonyl (C=O) groups is 3. The Morgan fingerprint density at radius 1 is 1.17 bits per heavy atom. The summed E-state index contributed by atoms with van der Waals surface area (Å²) in [5.74, 6) is -1.46. The molecular weight excluding hydrogens is 374 g/mol. The maximum absolute atomic E-state index is 12.6. The van der Waals surface area contributed by atoms with Gasteiger partial charge in [0.25, 0.3) is 5.91 Å². The third-order valence-electron chi connectivity index (χ3n) is 5.35. The molecule has 8 nitrogen and oxygen atoms in total. The van der Waals surface area contributed by atoms with E-state index in [9.17, 15) is 19.6 Å². The third kappa shape index (κ3) is 6.62. The van der Waals surface area contributed by atoms with Gasteiger partial charge in [-0.25, -0.2) is 4.79 Å². The minimum atomic E-state index is -0.994. The number of nitrogens with one attached hydrogen (secondary N) is 1. The molecule has 29 heavy (non-hydrogen) atoms. The Labute approximate surface area is 172 Å². The number of hydrogen-bond acceptors (Lipinski definition) is 6. The smallest absolute Gasteiger partial charge is 0.410 e. The van der Waals surface area contributed by atoms with Crippen molar-refractivity contribution in [3.05, 3.63) is 0 Å². The molecule has 1 N–H and O–H groups in total. The number of likely N-dealkylation sites (tertiary alicyclic amines) is 1. The van der Waals surface area contributed by atoms with Gasteiger partial charge in [-0.2, -0.15) is 5.26 Å². The van der Waals surface area contributed by atoms with Gasteiger partial charge in [0, 0.05) is 13.1 Å². The fraction of sp³-hybridized carbons (Fsp3) is 0.810. The van der Waals surface area contributed by atoms with Gasteiger partial charge in [0.2, 0.25) is 0 Å². The molecule has 0 radical (unpaired) electrons. The fourth-order valence-electron chi connectivity index (χ4n) is 3.74. The van der Waals surface area contributed by atoms with Gasteiger partial charge in [-0.15, -0.1) is 0 Å². The summed E-state index contributed by atoms with van der Waals surface area (Å²) >= 11 is 0. The molecular formula is C21H33N3O5. The van der Waals surface area contributed by atoms with Crippen molar-refractivity contribution in [2.24, 2.45) is 5.92 Å². The molecule has 162 valence electrons. The zero-order valence-electron chi connectivity index (χ0n) is 18.0. The number of esters is 1. The molecule has 1 aliphatic carbocycles. The van der Waals surface area contributed by atoms with E-state index in [4.69, 9.17) is 9.47 Å². The highest BCUT2D eigenvalue weighted by Gasteiger charge is 2.37. The molecule has 2 aliphatic rings. The largest absolute Gasteiger partial charge is 0.452 e. The van der Waals surface area contributed by atoms with Crippen LogP contribution in [-0.4, -0.2) is 53.2 Å². The van der Waals surface area contributed by atoms with E-state index < -0.39 is 41.1 Å². The lowest BCUT2D eigenvalue weighted by molar-refractivity contribution is -0.160. The molecule has 2 fully saturated rings. The Morgan fingerprint density at radius 2 is 1.83 bits per heavy atom. The number of carbonyl (C=O) groups excluding carboxylic acids is 3. The van der Waals surface area contributed by atoms with Gasteiger partial charge in [-0.05, 0) is 53.4 Å². The number of nitrogens with zero attached hydrogens (tertiary/aromatic N) is 2. The molecule has 2 unspecified atom stereocenters. The van der Waals surface area contributed by atoms with Crippen LogP contribution in [0.15, 0.2) is 0 Å². The standard InChI is InChI=1S/C21H33N3O5/c1-15(17(25)23-21(14-22)10-6-5-7-11-21)28-18(26)16-9-8-12-24(13-16)19(27)29-20(2,3)4/h15-16H,5-13H2,1-4H3,(H,23,25). The van der Waals surface area contributed by atoms with E-state index in [-0.39, 0.29) is 6.54 Å². The number of rotatable bonds is 4. The average Bonchev–Trinajstić information content (AvgIpc) is 2.67. The number of piperidine rings is 1. The molecule has 2 rings (SSSR count). The van der Waals surface area contributed by atoms with E-state index in [1.165, 1.54) is 11.8 Å². The van der Waals surface area contributed by atoms with Crippen LogP contribution < -0.4 is 5.32 Å². The van der Waals surface area contributed by atoms with Crippen LogP contribution >= 0.6 is 0 Å². The fourth-order valence-corrected chi connectivity index (χ4v) is 3.74. The highest BCUT2D eigenvalue weighted by molar-refractivity contribution is 5.85. The average molecular weight is 408 g/mol. The molecule has 1 heterocycles. The molecule has 1 saturated heterocycles. The van der Waals surface area contributed by atoms with E-state index in [1.807, 2.05) is 0 Å². The normalized spacial score (nSPS) is 22.7. The predicted molar refractivity (Wildman–Crippen MR) is 106 cm³/mol. The topological polar surface area (TPSA) is 109 Å². The molecule has 2 amide bonds. The second-order valence-corrected chi connectivity index (χ2v) is 9.09. The summed E-state index contributed by atoms with van der Waals surface area (Å²) in [7, 11) is 0. The van der Waals surface area contributed by atoms with Crippen LogP contribution in [0.1, 0.15) is 72.6 Å². The van der Waals surface area contributed by atoms with Crippen molar-refractivity contribution < 1.29 is 23.9 Å². The molecule has 0 aromatic carbocycles. The summed E-state index contributed by atoms with van der Waals surface area (Å²) in [4.78, 5) is 38.8. The minimum Gasteiger partial charge on any atom is -0.452 e. The molecule has 1 saturated carbocycles. The van der Waals surface area contributed by atoms with Crippen molar-refractivity contribution in [2.75, 3.05) is 13.1 Å². The minimum absolute atomic E-state index is 0.213. The Morgan fingerprint density at radius 3 is 2.41 bits per heavy atom. The lowest BCUT2D eigenvalue weighted by Gasteiger charge is -2.34. The van der Waals surface area contributed by atoms with Gasteiger partial charge in [-0.1, -0.05) is 19.3 Å². The molecule has 0 spiro atoms. The van der Waals surface area contributed by atoms with Crippen LogP contribution in [0.4, 0.5) is 4.79 Å². The van der Waals surface area contributed by atoms with E-state index in [1.54, 1.807) is 20.8 Å². The second-order valence-electron chi connectivity index (χ2n) is 9.09. The Bertz CT molecular complexity index is 658. The van der Waals surface area contributed by atoms with E-state index in [2.05, 4.69) is 11.4 Å². The Hall–Kier alpha value is -2.30. The van der Waals surface area contributed by atoms with Crippen molar-refractivity contribution in [1.82, 2.24) is 10.2 Å². The first-order chi connectivity index (χ1) is 13.6. The van der Waals surface area contributed by atoms with Crippen molar-refractivity contribution in [3.63, 3.8) is 0 Å². The van der Waals surface area contributed by atoms with Crippen LogP contribution in [-0.2, 0) is 19.1 Å². The van der Waals surface area contributed by atoms with Crippen molar-refractivity contribution in [1.29, 1.82) is 5.26 Å². The monoisotopic (exact) mass is 407 g/mol. The van der Waals surface area contributed by atoms with Crippen LogP contribution in [0.3, 0.4) is 0 Å². The summed E-state index contributed by atoms with van der Waals surface area (Å²) in [6.07, 6.45) is 3.88. The highest BCUT2D eigenvalue weighted by Crippen LogP contribution is 2.28. The first-order valence-electron chi connectivity index (χ1n) is 10.5. The first-order valence-corrected chi connectivity index (χ1v) is 10.5. The van der Waals surface area contributed by atoms with Gasteiger partial charge < -0.3 is 19.7 Å². The van der Waals surface area contributed by atoms with Gasteiger partial charge >= 0.3 is 12.1 Å². The van der Waals surface area contributed by atoms with Gasteiger partial charge in [0.15, 0.2) is 6.10 Å². The third-order valence-corrected chi connectivity index (χ3v) is 5.35. The molecule has 0 aromatic rings. The first kappa shape index (κ1) is 23.0. The van der Waals surface area contributed by atoms with Crippen molar-refractivity contribution in [2.45, 2.75) is 89.9 Å². The Kier molecular flexibility index (Phi) is 7.50. The van der Waals surface area contributed by atoms with E-state index >= 15 is 0 Å². The summed E-state index contributed by atoms with van der Waals surface area (Å²) in [6.45, 7) is 7.63. The zero-order chi connectivity index (χ0) is 21.7. The molecule has 2 atom stereocenters. The van der Waals surface area contributed by atoms with Crippen LogP contribution in [0, 0.1) is 17.2 Å². The number of hydrogen-bond donors (Lipinski definition) is 1. The lowest BCUT2D eigenvalue weighted by atomic mass is 9.83. The quantitative estimate of drug-likeness (QED) is 0.718. The Balaban J connectivity index is 1.89. The lowest BCUT2D eigenvalue weighted by Crippen LogP contribution is -2.52. The number of nitriles is 1. The summed E-state index contributed by atoms with van der Waals surface area (Å²) < 4.78 is 10.7. The second kappa shape index (κ2) is 9.47. The number of ether oxygens (including phenoxy) is 2. The zero-order valence-corrected chi connectivity index (χ0v) is 18.0. The van der Waals surface area contributed by atoms with Crippen molar-refractivity contribution in [3.8, 4) is 6.07 Å². The van der Waals surface area contributed by atoms with Gasteiger partial charge in [-0.3, -0.25) is 9.59 Å². The summed E-state index contributed by atoms with van der Waals surface area (Å²) in [5.41, 5.74) is -1.47.